The molecule has 1 atom stereocenters. The van der Waals surface area contributed by atoms with E-state index in [1.807, 2.05) is 13.1 Å². The van der Waals surface area contributed by atoms with E-state index in [1.165, 1.54) is 6.33 Å². The first-order valence-electron chi connectivity index (χ1n) is 6.63. The van der Waals surface area contributed by atoms with E-state index in [9.17, 15) is 4.39 Å². The fourth-order valence-corrected chi connectivity index (χ4v) is 2.29. The Morgan fingerprint density at radius 2 is 2.25 bits per heavy atom. The average molecular weight is 341 g/mol. The molecule has 2 rings (SSSR count). The van der Waals surface area contributed by atoms with Gasteiger partial charge in [0.2, 0.25) is 0 Å². The van der Waals surface area contributed by atoms with Gasteiger partial charge in [-0.2, -0.15) is 5.10 Å². The zero-order valence-electron chi connectivity index (χ0n) is 11.6. The summed E-state index contributed by atoms with van der Waals surface area (Å²) in [6, 6.07) is 5.26. The third kappa shape index (κ3) is 3.64. The Morgan fingerprint density at radius 3 is 2.85 bits per heavy atom. The van der Waals surface area contributed by atoms with Crippen LogP contribution in [0.15, 0.2) is 29.0 Å². The van der Waals surface area contributed by atoms with Crippen LogP contribution in [0.5, 0.6) is 0 Å². The van der Waals surface area contributed by atoms with E-state index in [2.05, 4.69) is 38.3 Å². The van der Waals surface area contributed by atoms with Gasteiger partial charge < -0.3 is 5.32 Å². The fraction of sp³-hybridized carbons (Fsp3) is 0.429. The lowest BCUT2D eigenvalue weighted by molar-refractivity contribution is 0.502. The van der Waals surface area contributed by atoms with Crippen molar-refractivity contribution in [3.05, 3.63) is 46.2 Å². The molecular formula is C14H18BrFN4. The third-order valence-corrected chi connectivity index (χ3v) is 3.82. The third-order valence-electron chi connectivity index (χ3n) is 3.18. The van der Waals surface area contributed by atoms with Gasteiger partial charge in [0.15, 0.2) is 0 Å². The molecule has 6 heteroatoms. The van der Waals surface area contributed by atoms with E-state index in [0.717, 1.165) is 24.4 Å². The highest BCUT2D eigenvalue weighted by Crippen LogP contribution is 2.23. The van der Waals surface area contributed by atoms with Crippen LogP contribution in [0.25, 0.3) is 0 Å². The lowest BCUT2D eigenvalue weighted by Gasteiger charge is -2.19. The number of hydrogen-bond acceptors (Lipinski definition) is 3. The number of halogens is 2. The molecule has 1 aromatic heterocycles. The van der Waals surface area contributed by atoms with Crippen molar-refractivity contribution in [3.63, 3.8) is 0 Å². The van der Waals surface area contributed by atoms with Crippen molar-refractivity contribution in [1.29, 1.82) is 0 Å². The molecule has 4 nitrogen and oxygen atoms in total. The first kappa shape index (κ1) is 15.1. The van der Waals surface area contributed by atoms with Crippen LogP contribution >= 0.6 is 15.9 Å². The Bertz CT molecular complexity index is 570. The van der Waals surface area contributed by atoms with Crippen LogP contribution in [0, 0.1) is 5.82 Å². The Labute approximate surface area is 126 Å². The molecule has 0 amide bonds. The molecule has 0 saturated carbocycles. The van der Waals surface area contributed by atoms with E-state index >= 15 is 0 Å². The summed E-state index contributed by atoms with van der Waals surface area (Å²) in [5.41, 5.74) is 0.919. The molecule has 108 valence electrons. The van der Waals surface area contributed by atoms with Gasteiger partial charge in [0.1, 0.15) is 18.0 Å². The number of aromatic nitrogens is 3. The molecule has 0 aliphatic heterocycles. The molecule has 1 unspecified atom stereocenters. The van der Waals surface area contributed by atoms with Crippen molar-refractivity contribution in [2.75, 3.05) is 6.54 Å². The summed E-state index contributed by atoms with van der Waals surface area (Å²) < 4.78 is 15.9. The summed E-state index contributed by atoms with van der Waals surface area (Å²) >= 11 is 3.18. The quantitative estimate of drug-likeness (QED) is 0.878. The maximum Gasteiger partial charge on any atom is 0.138 e. The maximum absolute atomic E-state index is 13.7. The lowest BCUT2D eigenvalue weighted by atomic mass is 10.0. The van der Waals surface area contributed by atoms with Gasteiger partial charge in [-0.15, -0.1) is 0 Å². The standard InChI is InChI=1S/C14H18BrFN4/c1-3-6-17-13(8-14-18-9-19-20(14)2)10-4-5-11(15)12(16)7-10/h4-5,7,9,13,17H,3,6,8H2,1-2H3. The van der Waals surface area contributed by atoms with Crippen LogP contribution in [-0.4, -0.2) is 21.3 Å². The zero-order chi connectivity index (χ0) is 14.5. The zero-order valence-corrected chi connectivity index (χ0v) is 13.2. The fourth-order valence-electron chi connectivity index (χ4n) is 2.04. The number of benzene rings is 1. The molecule has 0 bridgehead atoms. The second-order valence-corrected chi connectivity index (χ2v) is 5.54. The van der Waals surface area contributed by atoms with E-state index in [0.29, 0.717) is 10.9 Å². The molecule has 1 aromatic carbocycles. The minimum absolute atomic E-state index is 0.0282. The summed E-state index contributed by atoms with van der Waals surface area (Å²) in [6.07, 6.45) is 3.24. The summed E-state index contributed by atoms with van der Waals surface area (Å²) in [4.78, 5) is 4.24. The van der Waals surface area contributed by atoms with Crippen molar-refractivity contribution in [1.82, 2.24) is 20.1 Å². The average Bonchev–Trinajstić information content (AvgIpc) is 2.83. The van der Waals surface area contributed by atoms with Gasteiger partial charge in [0.25, 0.3) is 0 Å². The first-order valence-corrected chi connectivity index (χ1v) is 7.42. The van der Waals surface area contributed by atoms with Gasteiger partial charge in [-0.1, -0.05) is 13.0 Å². The van der Waals surface area contributed by atoms with Crippen molar-refractivity contribution in [2.45, 2.75) is 25.8 Å². The lowest BCUT2D eigenvalue weighted by Crippen LogP contribution is -2.25. The summed E-state index contributed by atoms with van der Waals surface area (Å²) in [7, 11) is 1.86. The largest absolute Gasteiger partial charge is 0.310 e. The highest BCUT2D eigenvalue weighted by molar-refractivity contribution is 9.10. The number of aryl methyl sites for hydroxylation is 1. The van der Waals surface area contributed by atoms with Gasteiger partial charge in [-0.3, -0.25) is 4.68 Å². The van der Waals surface area contributed by atoms with E-state index in [4.69, 9.17) is 0 Å². The molecule has 20 heavy (non-hydrogen) atoms. The highest BCUT2D eigenvalue weighted by Gasteiger charge is 2.16. The van der Waals surface area contributed by atoms with Crippen LogP contribution in [0.2, 0.25) is 0 Å². The minimum atomic E-state index is -0.247. The van der Waals surface area contributed by atoms with Gasteiger partial charge in [0, 0.05) is 19.5 Å². The van der Waals surface area contributed by atoms with Gasteiger partial charge in [-0.05, 0) is 46.6 Å². The van der Waals surface area contributed by atoms with Crippen LogP contribution < -0.4 is 5.32 Å². The summed E-state index contributed by atoms with van der Waals surface area (Å²) in [5, 5.41) is 7.51. The van der Waals surface area contributed by atoms with Crippen LogP contribution in [0.4, 0.5) is 4.39 Å². The van der Waals surface area contributed by atoms with E-state index in [-0.39, 0.29) is 11.9 Å². The molecule has 0 fully saturated rings. The number of nitrogens with zero attached hydrogens (tertiary/aromatic N) is 3. The monoisotopic (exact) mass is 340 g/mol. The van der Waals surface area contributed by atoms with E-state index < -0.39 is 0 Å². The van der Waals surface area contributed by atoms with Crippen molar-refractivity contribution >= 4 is 15.9 Å². The van der Waals surface area contributed by atoms with E-state index in [1.54, 1.807) is 16.8 Å². The predicted octanol–water partition coefficient (Wildman–Crippen LogP) is 3.00. The summed E-state index contributed by atoms with van der Waals surface area (Å²) in [5.74, 6) is 0.630. The van der Waals surface area contributed by atoms with Gasteiger partial charge in [-0.25, -0.2) is 9.37 Å². The molecule has 0 aliphatic carbocycles. The molecule has 0 spiro atoms. The number of nitrogens with one attached hydrogen (secondary N) is 1. The van der Waals surface area contributed by atoms with Crippen molar-refractivity contribution in [2.24, 2.45) is 7.05 Å². The Morgan fingerprint density at radius 1 is 1.45 bits per heavy atom. The van der Waals surface area contributed by atoms with Crippen LogP contribution in [-0.2, 0) is 13.5 Å². The molecule has 2 aromatic rings. The Balaban J connectivity index is 2.22. The Hall–Kier alpha value is -1.27. The van der Waals surface area contributed by atoms with Crippen molar-refractivity contribution in [3.8, 4) is 0 Å². The molecule has 1 N–H and O–H groups in total. The smallest absolute Gasteiger partial charge is 0.138 e. The molecule has 0 saturated heterocycles. The predicted molar refractivity (Wildman–Crippen MR) is 79.8 cm³/mol. The number of hydrogen-bond donors (Lipinski definition) is 1. The van der Waals surface area contributed by atoms with Crippen LogP contribution in [0.1, 0.15) is 30.8 Å². The molecule has 1 heterocycles. The molecule has 0 aliphatic rings. The number of rotatable bonds is 6. The molecule has 0 radical (unpaired) electrons. The normalized spacial score (nSPS) is 12.6. The second kappa shape index (κ2) is 6.95. The SMILES string of the molecule is CCCNC(Cc1ncnn1C)c1ccc(Br)c(F)c1. The minimum Gasteiger partial charge on any atom is -0.310 e. The first-order chi connectivity index (χ1) is 9.61. The summed E-state index contributed by atoms with van der Waals surface area (Å²) in [6.45, 7) is 2.98. The maximum atomic E-state index is 13.7. The van der Waals surface area contributed by atoms with Gasteiger partial charge in [0.05, 0.1) is 4.47 Å². The molecular weight excluding hydrogens is 323 g/mol. The second-order valence-electron chi connectivity index (χ2n) is 4.68. The van der Waals surface area contributed by atoms with Crippen molar-refractivity contribution < 1.29 is 4.39 Å². The highest BCUT2D eigenvalue weighted by atomic mass is 79.9. The Kier molecular flexibility index (Phi) is 5.25. The topological polar surface area (TPSA) is 42.7 Å². The van der Waals surface area contributed by atoms with Gasteiger partial charge >= 0.3 is 0 Å². The van der Waals surface area contributed by atoms with Crippen LogP contribution in [0.3, 0.4) is 0 Å².